The maximum Gasteiger partial charge on any atom is 0.337 e. The van der Waals surface area contributed by atoms with Gasteiger partial charge in [0, 0.05) is 6.04 Å². The predicted octanol–water partition coefficient (Wildman–Crippen LogP) is 1.76. The number of hydrazone groups is 1. The Kier molecular flexibility index (Phi) is 7.13. The van der Waals surface area contributed by atoms with E-state index in [1.54, 1.807) is 24.3 Å². The van der Waals surface area contributed by atoms with Crippen LogP contribution < -0.4 is 10.7 Å². The van der Waals surface area contributed by atoms with Crippen LogP contribution in [0.4, 0.5) is 0 Å². The monoisotopic (exact) mass is 345 g/mol. The molecular formula is C18H23N3O4. The fraction of sp³-hybridized carbons (Fsp3) is 0.444. The Morgan fingerprint density at radius 2 is 1.80 bits per heavy atom. The van der Waals surface area contributed by atoms with Crippen molar-refractivity contribution in [2.24, 2.45) is 5.10 Å². The summed E-state index contributed by atoms with van der Waals surface area (Å²) in [5, 5.41) is 6.70. The highest BCUT2D eigenvalue weighted by molar-refractivity contribution is 5.97. The van der Waals surface area contributed by atoms with Gasteiger partial charge in [-0.05, 0) is 30.5 Å². The summed E-state index contributed by atoms with van der Waals surface area (Å²) in [7, 11) is 1.32. The highest BCUT2D eigenvalue weighted by Gasteiger charge is 2.17. The third-order valence-electron chi connectivity index (χ3n) is 4.03. The minimum Gasteiger partial charge on any atom is -0.465 e. The van der Waals surface area contributed by atoms with Crippen LogP contribution in [0.15, 0.2) is 29.4 Å². The number of hydrogen-bond acceptors (Lipinski definition) is 5. The van der Waals surface area contributed by atoms with E-state index in [2.05, 4.69) is 20.6 Å². The Balaban J connectivity index is 1.74. The molecule has 0 heterocycles. The summed E-state index contributed by atoms with van der Waals surface area (Å²) in [5.74, 6) is -1.15. The van der Waals surface area contributed by atoms with Crippen molar-refractivity contribution in [2.45, 2.75) is 44.6 Å². The molecule has 1 aliphatic rings. The zero-order valence-corrected chi connectivity index (χ0v) is 14.3. The minimum atomic E-state index is -0.462. The molecule has 1 saturated carbocycles. The van der Waals surface area contributed by atoms with Crippen molar-refractivity contribution < 1.29 is 19.1 Å². The van der Waals surface area contributed by atoms with Gasteiger partial charge in [-0.2, -0.15) is 5.10 Å². The number of nitrogens with zero attached hydrogens (tertiary/aromatic N) is 1. The quantitative estimate of drug-likeness (QED) is 0.355. The van der Waals surface area contributed by atoms with Gasteiger partial charge in [-0.25, -0.2) is 10.2 Å². The van der Waals surface area contributed by atoms with Gasteiger partial charge < -0.3 is 10.1 Å². The predicted molar refractivity (Wildman–Crippen MR) is 93.2 cm³/mol. The van der Waals surface area contributed by atoms with Crippen molar-refractivity contribution in [3.05, 3.63) is 35.4 Å². The number of ether oxygens (including phenoxy) is 1. The molecule has 2 rings (SSSR count). The molecular weight excluding hydrogens is 322 g/mol. The van der Waals surface area contributed by atoms with Crippen molar-refractivity contribution in [2.75, 3.05) is 7.11 Å². The van der Waals surface area contributed by atoms with Crippen molar-refractivity contribution in [3.8, 4) is 0 Å². The molecule has 134 valence electrons. The maximum atomic E-state index is 11.8. The largest absolute Gasteiger partial charge is 0.465 e. The van der Waals surface area contributed by atoms with Crippen LogP contribution in [-0.2, 0) is 14.3 Å². The number of carbonyl (C=O) groups excluding carboxylic acids is 3. The van der Waals surface area contributed by atoms with Crippen LogP contribution in [0.2, 0.25) is 0 Å². The molecule has 1 aliphatic carbocycles. The summed E-state index contributed by atoms with van der Waals surface area (Å²) in [5.41, 5.74) is 3.47. The lowest BCUT2D eigenvalue weighted by atomic mass is 9.95. The number of benzene rings is 1. The second kappa shape index (κ2) is 9.56. The van der Waals surface area contributed by atoms with E-state index in [-0.39, 0.29) is 18.4 Å². The van der Waals surface area contributed by atoms with E-state index >= 15 is 0 Å². The fourth-order valence-corrected chi connectivity index (χ4v) is 2.71. The van der Waals surface area contributed by atoms with Crippen LogP contribution in [0.1, 0.15) is 54.4 Å². The summed E-state index contributed by atoms with van der Waals surface area (Å²) in [4.78, 5) is 34.9. The molecule has 2 N–H and O–H groups in total. The molecule has 7 nitrogen and oxygen atoms in total. The summed E-state index contributed by atoms with van der Waals surface area (Å²) in [6, 6.07) is 6.75. The second-order valence-corrected chi connectivity index (χ2v) is 5.99. The highest BCUT2D eigenvalue weighted by atomic mass is 16.5. The lowest BCUT2D eigenvalue weighted by molar-refractivity contribution is -0.129. The molecule has 0 bridgehead atoms. The number of hydrogen-bond donors (Lipinski definition) is 2. The standard InChI is InChI=1S/C18H23N3O4/c1-25-18(24)14-9-7-13(8-10-14)12-19-21-17(23)11-16(22)20-15-5-3-2-4-6-15/h7-10,12,15H,2-6,11H2,1H3,(H,20,22)(H,21,23). The summed E-state index contributed by atoms with van der Waals surface area (Å²) >= 11 is 0. The first kappa shape index (κ1) is 18.6. The fourth-order valence-electron chi connectivity index (χ4n) is 2.71. The van der Waals surface area contributed by atoms with Gasteiger partial charge in [0.05, 0.1) is 18.9 Å². The zero-order chi connectivity index (χ0) is 18.1. The number of nitrogens with one attached hydrogen (secondary N) is 2. The Labute approximate surface area is 146 Å². The topological polar surface area (TPSA) is 96.9 Å². The summed E-state index contributed by atoms with van der Waals surface area (Å²) in [6.45, 7) is 0. The van der Waals surface area contributed by atoms with Crippen LogP contribution in [0.5, 0.6) is 0 Å². The number of amides is 2. The molecule has 1 fully saturated rings. The van der Waals surface area contributed by atoms with Crippen molar-refractivity contribution in [1.29, 1.82) is 0 Å². The molecule has 0 spiro atoms. The first-order valence-electron chi connectivity index (χ1n) is 8.38. The lowest BCUT2D eigenvalue weighted by Gasteiger charge is -2.22. The molecule has 0 radical (unpaired) electrons. The molecule has 1 aromatic carbocycles. The number of esters is 1. The van der Waals surface area contributed by atoms with Gasteiger partial charge in [-0.15, -0.1) is 0 Å². The average Bonchev–Trinajstić information content (AvgIpc) is 2.62. The molecule has 1 aromatic rings. The molecule has 7 heteroatoms. The van der Waals surface area contributed by atoms with Gasteiger partial charge in [-0.1, -0.05) is 31.4 Å². The SMILES string of the molecule is COC(=O)c1ccc(C=NNC(=O)CC(=O)NC2CCCCC2)cc1. The van der Waals surface area contributed by atoms with Crippen LogP contribution in [0.3, 0.4) is 0 Å². The second-order valence-electron chi connectivity index (χ2n) is 5.99. The third-order valence-corrected chi connectivity index (χ3v) is 4.03. The molecule has 2 amide bonds. The first-order valence-corrected chi connectivity index (χ1v) is 8.38. The van der Waals surface area contributed by atoms with Crippen molar-refractivity contribution >= 4 is 24.0 Å². The molecule has 0 atom stereocenters. The first-order chi connectivity index (χ1) is 12.1. The average molecular weight is 345 g/mol. The summed E-state index contributed by atoms with van der Waals surface area (Å²) < 4.78 is 4.61. The smallest absolute Gasteiger partial charge is 0.337 e. The van der Waals surface area contributed by atoms with Gasteiger partial charge >= 0.3 is 5.97 Å². The van der Waals surface area contributed by atoms with Crippen LogP contribution in [0.25, 0.3) is 0 Å². The Morgan fingerprint density at radius 3 is 2.44 bits per heavy atom. The Hall–Kier alpha value is -2.70. The zero-order valence-electron chi connectivity index (χ0n) is 14.3. The van der Waals surface area contributed by atoms with E-state index < -0.39 is 11.9 Å². The molecule has 0 aromatic heterocycles. The lowest BCUT2D eigenvalue weighted by Crippen LogP contribution is -2.38. The van der Waals surface area contributed by atoms with E-state index in [0.717, 1.165) is 25.7 Å². The van der Waals surface area contributed by atoms with E-state index in [4.69, 9.17) is 0 Å². The number of methoxy groups -OCH3 is 1. The molecule has 0 aliphatic heterocycles. The van der Waals surface area contributed by atoms with Gasteiger partial charge in [0.15, 0.2) is 0 Å². The van der Waals surface area contributed by atoms with E-state index in [1.165, 1.54) is 19.7 Å². The minimum absolute atomic E-state index is 0.186. The van der Waals surface area contributed by atoms with E-state index in [9.17, 15) is 14.4 Å². The van der Waals surface area contributed by atoms with E-state index in [1.807, 2.05) is 0 Å². The van der Waals surface area contributed by atoms with Crippen LogP contribution in [0, 0.1) is 0 Å². The van der Waals surface area contributed by atoms with E-state index in [0.29, 0.717) is 11.1 Å². The molecule has 0 saturated heterocycles. The van der Waals surface area contributed by atoms with Crippen molar-refractivity contribution in [3.63, 3.8) is 0 Å². The Bertz CT molecular complexity index is 634. The summed E-state index contributed by atoms with van der Waals surface area (Å²) in [6.07, 6.45) is 6.61. The number of rotatable bonds is 6. The van der Waals surface area contributed by atoms with Crippen LogP contribution >= 0.6 is 0 Å². The molecule has 25 heavy (non-hydrogen) atoms. The van der Waals surface area contributed by atoms with Crippen molar-refractivity contribution in [1.82, 2.24) is 10.7 Å². The third kappa shape index (κ3) is 6.37. The van der Waals surface area contributed by atoms with Gasteiger partial charge in [0.1, 0.15) is 6.42 Å². The van der Waals surface area contributed by atoms with Gasteiger partial charge in [0.25, 0.3) is 0 Å². The maximum absolute atomic E-state index is 11.8. The molecule has 0 unspecified atom stereocenters. The van der Waals surface area contributed by atoms with Gasteiger partial charge in [-0.3, -0.25) is 9.59 Å². The van der Waals surface area contributed by atoms with Gasteiger partial charge in [0.2, 0.25) is 11.8 Å². The number of carbonyl (C=O) groups is 3. The Morgan fingerprint density at radius 1 is 1.12 bits per heavy atom. The normalized spacial score (nSPS) is 14.9. The highest BCUT2D eigenvalue weighted by Crippen LogP contribution is 2.17. The van der Waals surface area contributed by atoms with Crippen LogP contribution in [-0.4, -0.2) is 37.1 Å².